The number of nitrogens with zero attached hydrogens (tertiary/aromatic N) is 3. The van der Waals surface area contributed by atoms with Gasteiger partial charge in [0.15, 0.2) is 0 Å². The van der Waals surface area contributed by atoms with E-state index in [1.54, 1.807) is 12.5 Å². The number of imidazole rings is 1. The first kappa shape index (κ1) is 13.3. The lowest BCUT2D eigenvalue weighted by atomic mass is 9.87. The third-order valence-electron chi connectivity index (χ3n) is 3.41. The molecule has 0 atom stereocenters. The number of halogens is 1. The van der Waals surface area contributed by atoms with Crippen LogP contribution in [0, 0.1) is 0 Å². The molecule has 0 aliphatic carbocycles. The van der Waals surface area contributed by atoms with Gasteiger partial charge in [0.1, 0.15) is 16.8 Å². The third-order valence-corrected chi connectivity index (χ3v) is 4.00. The van der Waals surface area contributed by atoms with Crippen molar-refractivity contribution in [2.24, 2.45) is 0 Å². The number of fused-ring (bicyclic) bond motifs is 1. The van der Waals surface area contributed by atoms with Gasteiger partial charge < -0.3 is 0 Å². The molecule has 4 heteroatoms. The van der Waals surface area contributed by atoms with Crippen LogP contribution in [0.25, 0.3) is 16.9 Å². The molecule has 1 aromatic carbocycles. The van der Waals surface area contributed by atoms with Gasteiger partial charge in [-0.2, -0.15) is 0 Å². The van der Waals surface area contributed by atoms with Crippen molar-refractivity contribution >= 4 is 21.4 Å². The Hall–Kier alpha value is -1.68. The molecule has 2 aromatic heterocycles. The van der Waals surface area contributed by atoms with Gasteiger partial charge in [-0.25, -0.2) is 9.97 Å². The monoisotopic (exact) mass is 329 g/mol. The van der Waals surface area contributed by atoms with Gasteiger partial charge in [0.25, 0.3) is 0 Å². The number of hydrogen-bond acceptors (Lipinski definition) is 2. The van der Waals surface area contributed by atoms with Crippen LogP contribution in [-0.4, -0.2) is 14.4 Å². The van der Waals surface area contributed by atoms with E-state index in [0.29, 0.717) is 0 Å². The van der Waals surface area contributed by atoms with Crippen LogP contribution in [0.1, 0.15) is 26.3 Å². The molecule has 0 aliphatic rings. The van der Waals surface area contributed by atoms with Gasteiger partial charge in [0.2, 0.25) is 0 Å². The topological polar surface area (TPSA) is 30.2 Å². The molecule has 0 fully saturated rings. The van der Waals surface area contributed by atoms with Crippen molar-refractivity contribution < 1.29 is 0 Å². The molecule has 20 heavy (non-hydrogen) atoms. The van der Waals surface area contributed by atoms with Crippen molar-refractivity contribution in [1.82, 2.24) is 14.4 Å². The second-order valence-corrected chi connectivity index (χ2v) is 6.64. The fourth-order valence-electron chi connectivity index (χ4n) is 2.23. The number of benzene rings is 1. The van der Waals surface area contributed by atoms with Gasteiger partial charge in [-0.15, -0.1) is 0 Å². The highest BCUT2D eigenvalue weighted by molar-refractivity contribution is 9.10. The summed E-state index contributed by atoms with van der Waals surface area (Å²) in [7, 11) is 0. The summed E-state index contributed by atoms with van der Waals surface area (Å²) in [4.78, 5) is 8.76. The molecule has 3 aromatic rings. The zero-order valence-electron chi connectivity index (χ0n) is 11.8. The third kappa shape index (κ3) is 2.24. The average Bonchev–Trinajstić information content (AvgIpc) is 2.76. The summed E-state index contributed by atoms with van der Waals surface area (Å²) < 4.78 is 2.84. The van der Waals surface area contributed by atoms with E-state index in [4.69, 9.17) is 0 Å². The van der Waals surface area contributed by atoms with Gasteiger partial charge in [0, 0.05) is 11.8 Å². The summed E-state index contributed by atoms with van der Waals surface area (Å²) in [6.07, 6.45) is 3.56. The molecule has 102 valence electrons. The smallest absolute Gasteiger partial charge is 0.147 e. The van der Waals surface area contributed by atoms with E-state index in [2.05, 4.69) is 70.9 Å². The Morgan fingerprint density at radius 2 is 1.75 bits per heavy atom. The van der Waals surface area contributed by atoms with Crippen LogP contribution >= 0.6 is 15.9 Å². The molecule has 0 N–H and O–H groups in total. The van der Waals surface area contributed by atoms with E-state index in [1.807, 2.05) is 10.5 Å². The van der Waals surface area contributed by atoms with Crippen LogP contribution in [-0.2, 0) is 5.41 Å². The summed E-state index contributed by atoms with van der Waals surface area (Å²) in [5, 5.41) is 0. The molecule has 2 heterocycles. The van der Waals surface area contributed by atoms with Crippen molar-refractivity contribution in [2.75, 3.05) is 0 Å². The lowest BCUT2D eigenvalue weighted by Gasteiger charge is -2.18. The van der Waals surface area contributed by atoms with Crippen LogP contribution in [0.3, 0.4) is 0 Å². The first-order chi connectivity index (χ1) is 9.47. The number of rotatable bonds is 1. The summed E-state index contributed by atoms with van der Waals surface area (Å²) >= 11 is 3.50. The zero-order valence-corrected chi connectivity index (χ0v) is 13.3. The van der Waals surface area contributed by atoms with Gasteiger partial charge in [-0.3, -0.25) is 4.40 Å². The predicted octanol–water partition coefficient (Wildman–Crippen LogP) is 4.46. The van der Waals surface area contributed by atoms with E-state index in [-0.39, 0.29) is 5.41 Å². The number of aromatic nitrogens is 3. The first-order valence-corrected chi connectivity index (χ1v) is 7.34. The van der Waals surface area contributed by atoms with Crippen LogP contribution in [0.5, 0.6) is 0 Å². The largest absolute Gasteiger partial charge is 0.282 e. The molecular weight excluding hydrogens is 314 g/mol. The minimum absolute atomic E-state index is 0.162. The van der Waals surface area contributed by atoms with Crippen LogP contribution < -0.4 is 0 Å². The summed E-state index contributed by atoms with van der Waals surface area (Å²) in [5.41, 5.74) is 3.59. The molecule has 0 amide bonds. The SMILES string of the molecule is CC(C)(C)c1ccc(-c2nc(Br)c3ccncn23)cc1. The first-order valence-electron chi connectivity index (χ1n) is 6.55. The molecule has 0 saturated carbocycles. The predicted molar refractivity (Wildman–Crippen MR) is 84.8 cm³/mol. The van der Waals surface area contributed by atoms with Crippen LogP contribution in [0.4, 0.5) is 0 Å². The normalized spacial score (nSPS) is 12.0. The van der Waals surface area contributed by atoms with Gasteiger partial charge in [-0.1, -0.05) is 45.0 Å². The lowest BCUT2D eigenvalue weighted by Crippen LogP contribution is -2.10. The molecule has 0 bridgehead atoms. The Kier molecular flexibility index (Phi) is 3.13. The van der Waals surface area contributed by atoms with Crippen molar-refractivity contribution in [2.45, 2.75) is 26.2 Å². The summed E-state index contributed by atoms with van der Waals surface area (Å²) in [6.45, 7) is 6.65. The standard InChI is InChI=1S/C16H16BrN3/c1-16(2,3)12-6-4-11(5-7-12)15-19-14(17)13-8-9-18-10-20(13)15/h4-10H,1-3H3. The highest BCUT2D eigenvalue weighted by atomic mass is 79.9. The fourth-order valence-corrected chi connectivity index (χ4v) is 2.72. The fraction of sp³-hybridized carbons (Fsp3) is 0.250. The second-order valence-electron chi connectivity index (χ2n) is 5.89. The van der Waals surface area contributed by atoms with Gasteiger partial charge >= 0.3 is 0 Å². The Labute approximate surface area is 126 Å². The molecule has 0 aliphatic heterocycles. The highest BCUT2D eigenvalue weighted by Crippen LogP contribution is 2.28. The van der Waals surface area contributed by atoms with Gasteiger partial charge in [-0.05, 0) is 33.0 Å². The van der Waals surface area contributed by atoms with E-state index in [0.717, 1.165) is 21.5 Å². The van der Waals surface area contributed by atoms with E-state index in [1.165, 1.54) is 5.56 Å². The average molecular weight is 330 g/mol. The molecule has 0 unspecified atom stereocenters. The van der Waals surface area contributed by atoms with E-state index >= 15 is 0 Å². The molecular formula is C16H16BrN3. The maximum absolute atomic E-state index is 4.59. The molecule has 3 nitrogen and oxygen atoms in total. The highest BCUT2D eigenvalue weighted by Gasteiger charge is 2.15. The Morgan fingerprint density at radius 3 is 2.40 bits per heavy atom. The van der Waals surface area contributed by atoms with Crippen LogP contribution in [0.15, 0.2) is 47.5 Å². The minimum atomic E-state index is 0.162. The zero-order chi connectivity index (χ0) is 14.3. The number of hydrogen-bond donors (Lipinski definition) is 0. The molecule has 3 rings (SSSR count). The van der Waals surface area contributed by atoms with Crippen molar-refractivity contribution in [3.8, 4) is 11.4 Å². The Balaban J connectivity index is 2.12. The summed E-state index contributed by atoms with van der Waals surface area (Å²) in [6, 6.07) is 10.5. The molecule has 0 spiro atoms. The minimum Gasteiger partial charge on any atom is -0.282 e. The lowest BCUT2D eigenvalue weighted by molar-refractivity contribution is 0.590. The maximum atomic E-state index is 4.59. The van der Waals surface area contributed by atoms with Crippen molar-refractivity contribution in [3.05, 3.63) is 53.0 Å². The second kappa shape index (κ2) is 4.70. The maximum Gasteiger partial charge on any atom is 0.147 e. The Morgan fingerprint density at radius 1 is 1.05 bits per heavy atom. The van der Waals surface area contributed by atoms with Crippen molar-refractivity contribution in [3.63, 3.8) is 0 Å². The Bertz CT molecular complexity index is 751. The molecule has 0 radical (unpaired) electrons. The van der Waals surface area contributed by atoms with Crippen LogP contribution in [0.2, 0.25) is 0 Å². The quantitative estimate of drug-likeness (QED) is 0.660. The van der Waals surface area contributed by atoms with E-state index in [9.17, 15) is 0 Å². The van der Waals surface area contributed by atoms with E-state index < -0.39 is 0 Å². The molecule has 0 saturated heterocycles. The van der Waals surface area contributed by atoms with Gasteiger partial charge in [0.05, 0.1) is 5.52 Å². The summed E-state index contributed by atoms with van der Waals surface area (Å²) in [5.74, 6) is 0.903. The van der Waals surface area contributed by atoms with Crippen molar-refractivity contribution in [1.29, 1.82) is 0 Å².